The van der Waals surface area contributed by atoms with E-state index >= 15 is 0 Å². The summed E-state index contributed by atoms with van der Waals surface area (Å²) in [6.45, 7) is 4.40. The molecule has 0 aromatic rings. The lowest BCUT2D eigenvalue weighted by Crippen LogP contribution is -2.32. The third-order valence-electron chi connectivity index (χ3n) is 3.33. The zero-order valence-corrected chi connectivity index (χ0v) is 9.81. The first-order valence-electron chi connectivity index (χ1n) is 5.40. The van der Waals surface area contributed by atoms with Crippen LogP contribution in [0.2, 0.25) is 0 Å². The largest absolute Gasteiger partial charge is 0.488 e. The van der Waals surface area contributed by atoms with Gasteiger partial charge in [0.15, 0.2) is 0 Å². The lowest BCUT2D eigenvalue weighted by Gasteiger charge is -2.37. The molecule has 1 nitrogen and oxygen atoms in total. The van der Waals surface area contributed by atoms with E-state index < -0.39 is 0 Å². The molecule has 0 amide bonds. The van der Waals surface area contributed by atoms with Crippen molar-refractivity contribution >= 4 is 12.6 Å². The molecular weight excluding hydrogens is 192 g/mol. The molecule has 0 bridgehead atoms. The normalized spacial score (nSPS) is 36.6. The van der Waals surface area contributed by atoms with Gasteiger partial charge in [0.05, 0.1) is 0 Å². The van der Waals surface area contributed by atoms with Gasteiger partial charge in [-0.3, -0.25) is 0 Å². The van der Waals surface area contributed by atoms with Gasteiger partial charge < -0.3 is 4.74 Å². The van der Waals surface area contributed by atoms with Crippen LogP contribution >= 0.6 is 12.6 Å². The summed E-state index contributed by atoms with van der Waals surface area (Å²) in [5, 5.41) is 0.392. The van der Waals surface area contributed by atoms with Crippen molar-refractivity contribution in [3.05, 3.63) is 23.5 Å². The summed E-state index contributed by atoms with van der Waals surface area (Å²) < 4.78 is 6.03. The van der Waals surface area contributed by atoms with Crippen molar-refractivity contribution in [3.8, 4) is 0 Å². The van der Waals surface area contributed by atoms with Crippen LogP contribution in [0.15, 0.2) is 23.5 Å². The van der Waals surface area contributed by atoms with Crippen LogP contribution in [0.5, 0.6) is 0 Å². The molecule has 0 N–H and O–H groups in total. The van der Waals surface area contributed by atoms with Gasteiger partial charge in [0.25, 0.3) is 0 Å². The molecule has 2 atom stereocenters. The summed E-state index contributed by atoms with van der Waals surface area (Å²) >= 11 is 4.47. The summed E-state index contributed by atoms with van der Waals surface area (Å²) in [6.07, 6.45) is 8.71. The van der Waals surface area contributed by atoms with Crippen LogP contribution in [-0.4, -0.2) is 10.9 Å². The highest BCUT2D eigenvalue weighted by Crippen LogP contribution is 2.38. The van der Waals surface area contributed by atoms with E-state index in [1.165, 1.54) is 12.0 Å². The zero-order valence-electron chi connectivity index (χ0n) is 8.92. The molecule has 0 saturated heterocycles. The highest BCUT2D eigenvalue weighted by atomic mass is 32.1. The Bertz CT molecular complexity index is 293. The Morgan fingerprint density at radius 3 is 3.14 bits per heavy atom. The summed E-state index contributed by atoms with van der Waals surface area (Å²) in [7, 11) is 0. The fourth-order valence-electron chi connectivity index (χ4n) is 2.05. The third-order valence-corrected chi connectivity index (χ3v) is 3.69. The molecule has 2 unspecified atom stereocenters. The lowest BCUT2D eigenvalue weighted by molar-refractivity contribution is -0.00134. The topological polar surface area (TPSA) is 9.23 Å². The van der Waals surface area contributed by atoms with Crippen LogP contribution in [-0.2, 0) is 4.74 Å². The van der Waals surface area contributed by atoms with E-state index in [0.29, 0.717) is 5.25 Å². The third kappa shape index (κ3) is 1.85. The van der Waals surface area contributed by atoms with E-state index in [2.05, 4.69) is 38.6 Å². The second-order valence-corrected chi connectivity index (χ2v) is 5.17. The SMILES string of the molecule is CCC1(C)CCC2=C(C=CC(S)C2)O1. The average Bonchev–Trinajstić information content (AvgIpc) is 2.19. The lowest BCUT2D eigenvalue weighted by atomic mass is 9.87. The Balaban J connectivity index is 2.17. The second-order valence-electron chi connectivity index (χ2n) is 4.50. The van der Waals surface area contributed by atoms with Crippen LogP contribution in [0.3, 0.4) is 0 Å². The number of ether oxygens (including phenoxy) is 1. The Hall–Kier alpha value is -0.370. The van der Waals surface area contributed by atoms with Crippen molar-refractivity contribution in [2.75, 3.05) is 0 Å². The maximum Gasteiger partial charge on any atom is 0.119 e. The molecule has 0 saturated carbocycles. The van der Waals surface area contributed by atoms with Gasteiger partial charge in [-0.1, -0.05) is 13.0 Å². The van der Waals surface area contributed by atoms with E-state index in [9.17, 15) is 0 Å². The predicted octanol–water partition coefficient (Wildman–Crippen LogP) is 3.48. The molecule has 78 valence electrons. The molecule has 0 aromatic carbocycles. The van der Waals surface area contributed by atoms with Crippen molar-refractivity contribution in [1.29, 1.82) is 0 Å². The number of allylic oxidation sites excluding steroid dienone is 2. The fourth-order valence-corrected chi connectivity index (χ4v) is 2.36. The van der Waals surface area contributed by atoms with E-state index in [0.717, 1.165) is 25.0 Å². The molecule has 2 heteroatoms. The smallest absolute Gasteiger partial charge is 0.119 e. The van der Waals surface area contributed by atoms with Crippen molar-refractivity contribution < 1.29 is 4.74 Å². The molecule has 1 aliphatic carbocycles. The maximum atomic E-state index is 6.03. The Labute approximate surface area is 91.6 Å². The first-order valence-corrected chi connectivity index (χ1v) is 5.92. The summed E-state index contributed by atoms with van der Waals surface area (Å²) in [4.78, 5) is 0. The van der Waals surface area contributed by atoms with Crippen LogP contribution in [0.25, 0.3) is 0 Å². The Kier molecular flexibility index (Phi) is 2.65. The molecule has 0 fully saturated rings. The van der Waals surface area contributed by atoms with E-state index in [4.69, 9.17) is 4.74 Å². The van der Waals surface area contributed by atoms with Gasteiger partial charge in [0, 0.05) is 5.25 Å². The van der Waals surface area contributed by atoms with Crippen LogP contribution < -0.4 is 0 Å². The molecule has 14 heavy (non-hydrogen) atoms. The monoisotopic (exact) mass is 210 g/mol. The Morgan fingerprint density at radius 2 is 2.43 bits per heavy atom. The Morgan fingerprint density at radius 1 is 1.64 bits per heavy atom. The summed E-state index contributed by atoms with van der Waals surface area (Å²) in [6, 6.07) is 0. The van der Waals surface area contributed by atoms with Gasteiger partial charge in [-0.25, -0.2) is 0 Å². The van der Waals surface area contributed by atoms with Gasteiger partial charge in [0.1, 0.15) is 11.4 Å². The predicted molar refractivity (Wildman–Crippen MR) is 62.6 cm³/mol. The van der Waals surface area contributed by atoms with E-state index in [1.54, 1.807) is 0 Å². The molecule has 0 spiro atoms. The van der Waals surface area contributed by atoms with Crippen molar-refractivity contribution in [2.45, 2.75) is 50.4 Å². The number of hydrogen-bond acceptors (Lipinski definition) is 2. The van der Waals surface area contributed by atoms with E-state index in [1.807, 2.05) is 0 Å². The second kappa shape index (κ2) is 3.65. The van der Waals surface area contributed by atoms with Crippen molar-refractivity contribution in [1.82, 2.24) is 0 Å². The van der Waals surface area contributed by atoms with Gasteiger partial charge in [0.2, 0.25) is 0 Å². The highest BCUT2D eigenvalue weighted by molar-refractivity contribution is 7.81. The quantitative estimate of drug-likeness (QED) is 0.652. The van der Waals surface area contributed by atoms with Crippen LogP contribution in [0.4, 0.5) is 0 Å². The average molecular weight is 210 g/mol. The molecular formula is C12H18OS. The van der Waals surface area contributed by atoms with Crippen molar-refractivity contribution in [2.24, 2.45) is 0 Å². The maximum absolute atomic E-state index is 6.03. The molecule has 2 rings (SSSR count). The first kappa shape index (κ1) is 10.2. The van der Waals surface area contributed by atoms with Gasteiger partial charge >= 0.3 is 0 Å². The fraction of sp³-hybridized carbons (Fsp3) is 0.667. The van der Waals surface area contributed by atoms with E-state index in [-0.39, 0.29) is 5.60 Å². The number of hydrogen-bond donors (Lipinski definition) is 1. The zero-order chi connectivity index (χ0) is 10.2. The van der Waals surface area contributed by atoms with Crippen molar-refractivity contribution in [3.63, 3.8) is 0 Å². The van der Waals surface area contributed by atoms with Gasteiger partial charge in [-0.15, -0.1) is 0 Å². The molecule has 0 aromatic heterocycles. The molecule has 0 radical (unpaired) electrons. The minimum atomic E-state index is 0.0621. The minimum absolute atomic E-state index is 0.0621. The molecule has 1 aliphatic heterocycles. The molecule has 1 heterocycles. The van der Waals surface area contributed by atoms with Crippen LogP contribution in [0, 0.1) is 0 Å². The first-order chi connectivity index (χ1) is 6.63. The van der Waals surface area contributed by atoms with Gasteiger partial charge in [-0.05, 0) is 44.3 Å². The van der Waals surface area contributed by atoms with Gasteiger partial charge in [-0.2, -0.15) is 12.6 Å². The van der Waals surface area contributed by atoms with Crippen LogP contribution in [0.1, 0.15) is 39.5 Å². The molecule has 2 aliphatic rings. The number of thiol groups is 1. The summed E-state index contributed by atoms with van der Waals surface area (Å²) in [5.41, 5.74) is 1.52. The number of rotatable bonds is 1. The summed E-state index contributed by atoms with van der Waals surface area (Å²) in [5.74, 6) is 1.12. The minimum Gasteiger partial charge on any atom is -0.488 e. The highest BCUT2D eigenvalue weighted by Gasteiger charge is 2.31. The standard InChI is InChI=1S/C12H18OS/c1-3-12(2)7-6-9-8-10(14)4-5-11(9)13-12/h4-5,10,14H,3,6-8H2,1-2H3.